The van der Waals surface area contributed by atoms with Gasteiger partial charge in [0.15, 0.2) is 0 Å². The monoisotopic (exact) mass is 303 g/mol. The van der Waals surface area contributed by atoms with Crippen LogP contribution in [0.3, 0.4) is 0 Å². The Kier molecular flexibility index (Phi) is 4.45. The Hall–Kier alpha value is -2.83. The first kappa shape index (κ1) is 15.6. The molecular formula is C15H17N3O4. The molecule has 0 spiro atoms. The van der Waals surface area contributed by atoms with Gasteiger partial charge in [-0.25, -0.2) is 4.79 Å². The molecule has 0 aliphatic rings. The van der Waals surface area contributed by atoms with Crippen LogP contribution in [0.4, 0.5) is 5.69 Å². The van der Waals surface area contributed by atoms with Crippen LogP contribution < -0.4 is 11.2 Å². The van der Waals surface area contributed by atoms with Crippen molar-refractivity contribution in [1.82, 2.24) is 9.13 Å². The summed E-state index contributed by atoms with van der Waals surface area (Å²) >= 11 is 0. The molecule has 0 aliphatic carbocycles. The molecule has 0 bridgehead atoms. The van der Waals surface area contributed by atoms with Gasteiger partial charge in [-0.1, -0.05) is 12.1 Å². The molecule has 0 aliphatic heterocycles. The molecule has 22 heavy (non-hydrogen) atoms. The maximum absolute atomic E-state index is 12.3. The number of phenols is 1. The Labute approximate surface area is 126 Å². The smallest absolute Gasteiger partial charge is 0.333 e. The van der Waals surface area contributed by atoms with E-state index in [9.17, 15) is 19.8 Å². The Morgan fingerprint density at radius 1 is 1.09 bits per heavy atom. The number of phenolic OH excluding ortho intramolecular Hbond substituents is 1. The SMILES string of the molecule is CCn1c(O)c(C=Nc2ccccc2O)c(=O)n(CC)c1=O. The van der Waals surface area contributed by atoms with Gasteiger partial charge in [-0.15, -0.1) is 0 Å². The zero-order valence-electron chi connectivity index (χ0n) is 12.4. The first-order valence-corrected chi connectivity index (χ1v) is 6.89. The molecule has 0 fully saturated rings. The van der Waals surface area contributed by atoms with Crippen LogP contribution in [0.5, 0.6) is 11.6 Å². The predicted octanol–water partition coefficient (Wildman–Crippen LogP) is 1.21. The van der Waals surface area contributed by atoms with Gasteiger partial charge in [0.1, 0.15) is 17.0 Å². The van der Waals surface area contributed by atoms with Gasteiger partial charge in [0, 0.05) is 19.3 Å². The summed E-state index contributed by atoms with van der Waals surface area (Å²) in [5.41, 5.74) is -1.01. The van der Waals surface area contributed by atoms with Crippen molar-refractivity contribution < 1.29 is 10.2 Å². The summed E-state index contributed by atoms with van der Waals surface area (Å²) < 4.78 is 2.12. The summed E-state index contributed by atoms with van der Waals surface area (Å²) in [5, 5.41) is 19.8. The average molecular weight is 303 g/mol. The third-order valence-corrected chi connectivity index (χ3v) is 3.28. The van der Waals surface area contributed by atoms with Gasteiger partial charge in [0.25, 0.3) is 5.56 Å². The number of aromatic nitrogens is 2. The van der Waals surface area contributed by atoms with E-state index in [0.29, 0.717) is 0 Å². The molecule has 0 saturated heterocycles. The van der Waals surface area contributed by atoms with Crippen LogP contribution in [-0.4, -0.2) is 25.6 Å². The number of hydrogen-bond acceptors (Lipinski definition) is 5. The van der Waals surface area contributed by atoms with Crippen molar-refractivity contribution in [2.75, 3.05) is 0 Å². The summed E-state index contributed by atoms with van der Waals surface area (Å²) in [6, 6.07) is 6.36. The van der Waals surface area contributed by atoms with Crippen molar-refractivity contribution in [2.45, 2.75) is 26.9 Å². The van der Waals surface area contributed by atoms with Gasteiger partial charge >= 0.3 is 5.69 Å². The zero-order chi connectivity index (χ0) is 16.3. The highest BCUT2D eigenvalue weighted by Gasteiger charge is 2.15. The molecule has 0 saturated carbocycles. The van der Waals surface area contributed by atoms with Crippen molar-refractivity contribution >= 4 is 11.9 Å². The molecule has 0 radical (unpaired) electrons. The Morgan fingerprint density at radius 2 is 1.73 bits per heavy atom. The van der Waals surface area contributed by atoms with Crippen molar-refractivity contribution in [2.24, 2.45) is 4.99 Å². The van der Waals surface area contributed by atoms with E-state index < -0.39 is 17.1 Å². The highest BCUT2D eigenvalue weighted by Crippen LogP contribution is 2.24. The van der Waals surface area contributed by atoms with E-state index in [4.69, 9.17) is 0 Å². The van der Waals surface area contributed by atoms with Crippen molar-refractivity contribution in [1.29, 1.82) is 0 Å². The molecule has 1 aromatic carbocycles. The zero-order valence-corrected chi connectivity index (χ0v) is 12.4. The Morgan fingerprint density at radius 3 is 2.32 bits per heavy atom. The molecule has 0 atom stereocenters. The lowest BCUT2D eigenvalue weighted by Gasteiger charge is -2.11. The molecule has 2 aromatic rings. The minimum atomic E-state index is -0.617. The van der Waals surface area contributed by atoms with Gasteiger partial charge in [0.05, 0.1) is 0 Å². The second-order valence-corrected chi connectivity index (χ2v) is 4.56. The van der Waals surface area contributed by atoms with Gasteiger partial charge < -0.3 is 10.2 Å². The second kappa shape index (κ2) is 6.30. The molecule has 7 heteroatoms. The van der Waals surface area contributed by atoms with Crippen LogP contribution in [0.2, 0.25) is 0 Å². The van der Waals surface area contributed by atoms with E-state index in [-0.39, 0.29) is 30.1 Å². The molecule has 2 N–H and O–H groups in total. The quantitative estimate of drug-likeness (QED) is 0.830. The van der Waals surface area contributed by atoms with Gasteiger partial charge in [0.2, 0.25) is 5.88 Å². The summed E-state index contributed by atoms with van der Waals surface area (Å²) in [4.78, 5) is 28.3. The lowest BCUT2D eigenvalue weighted by atomic mass is 10.3. The van der Waals surface area contributed by atoms with Crippen LogP contribution in [0.15, 0.2) is 38.8 Å². The summed E-state index contributed by atoms with van der Waals surface area (Å²) in [6.07, 6.45) is 1.16. The number of rotatable bonds is 4. The molecular weight excluding hydrogens is 286 g/mol. The lowest BCUT2D eigenvalue weighted by molar-refractivity contribution is 0.394. The van der Waals surface area contributed by atoms with Crippen molar-refractivity contribution in [3.63, 3.8) is 0 Å². The largest absolute Gasteiger partial charge is 0.506 e. The Bertz CT molecular complexity index is 834. The van der Waals surface area contributed by atoms with Crippen LogP contribution >= 0.6 is 0 Å². The maximum atomic E-state index is 12.3. The fourth-order valence-electron chi connectivity index (χ4n) is 2.09. The number of aliphatic imine (C=N–C) groups is 1. The molecule has 7 nitrogen and oxygen atoms in total. The number of hydrogen-bond donors (Lipinski definition) is 2. The van der Waals surface area contributed by atoms with Crippen molar-refractivity contribution in [3.8, 4) is 11.6 Å². The second-order valence-electron chi connectivity index (χ2n) is 4.56. The number of aromatic hydroxyl groups is 2. The van der Waals surface area contributed by atoms with E-state index in [0.717, 1.165) is 15.3 Å². The maximum Gasteiger partial charge on any atom is 0.333 e. The van der Waals surface area contributed by atoms with Crippen molar-refractivity contribution in [3.05, 3.63) is 50.7 Å². The summed E-state index contributed by atoms with van der Waals surface area (Å²) in [5.74, 6) is -0.473. The third kappa shape index (κ3) is 2.65. The van der Waals surface area contributed by atoms with E-state index in [1.165, 1.54) is 6.07 Å². The predicted molar refractivity (Wildman–Crippen MR) is 83.3 cm³/mol. The van der Waals surface area contributed by atoms with Gasteiger partial charge in [-0.2, -0.15) is 0 Å². The number of para-hydroxylation sites is 2. The Balaban J connectivity index is 2.64. The van der Waals surface area contributed by atoms with Crippen LogP contribution in [-0.2, 0) is 13.1 Å². The topological polar surface area (TPSA) is 96.8 Å². The van der Waals surface area contributed by atoms with Gasteiger partial charge in [-0.3, -0.25) is 18.9 Å². The first-order chi connectivity index (χ1) is 10.5. The molecule has 1 aromatic heterocycles. The highest BCUT2D eigenvalue weighted by atomic mass is 16.3. The first-order valence-electron chi connectivity index (χ1n) is 6.89. The number of nitrogens with zero attached hydrogens (tertiary/aromatic N) is 3. The highest BCUT2D eigenvalue weighted by molar-refractivity contribution is 5.84. The van der Waals surface area contributed by atoms with Crippen LogP contribution in [0.25, 0.3) is 0 Å². The van der Waals surface area contributed by atoms with Crippen LogP contribution in [0.1, 0.15) is 19.4 Å². The summed E-state index contributed by atoms with van der Waals surface area (Å²) in [6.45, 7) is 3.77. The fourth-order valence-corrected chi connectivity index (χ4v) is 2.09. The van der Waals surface area contributed by atoms with E-state index in [1.54, 1.807) is 32.0 Å². The third-order valence-electron chi connectivity index (χ3n) is 3.28. The molecule has 0 unspecified atom stereocenters. The molecule has 116 valence electrons. The van der Waals surface area contributed by atoms with E-state index in [2.05, 4.69) is 4.99 Å². The van der Waals surface area contributed by atoms with Gasteiger partial charge in [-0.05, 0) is 26.0 Å². The number of benzene rings is 1. The normalized spacial score (nSPS) is 11.2. The molecule has 2 rings (SSSR count). The van der Waals surface area contributed by atoms with E-state index >= 15 is 0 Å². The lowest BCUT2D eigenvalue weighted by Crippen LogP contribution is -2.41. The average Bonchev–Trinajstić information content (AvgIpc) is 2.49. The molecule has 0 amide bonds. The minimum Gasteiger partial charge on any atom is -0.506 e. The standard InChI is InChI=1S/C15H17N3O4/c1-3-17-13(20)10(14(21)18(4-2)15(17)22)9-16-11-7-5-6-8-12(11)19/h5-9,19-20H,3-4H2,1-2H3. The van der Waals surface area contributed by atoms with Crippen LogP contribution in [0, 0.1) is 0 Å². The molecule has 1 heterocycles. The fraction of sp³-hybridized carbons (Fsp3) is 0.267. The van der Waals surface area contributed by atoms with E-state index in [1.807, 2.05) is 0 Å². The summed E-state index contributed by atoms with van der Waals surface area (Å²) in [7, 11) is 0. The minimum absolute atomic E-state index is 0.0436.